The van der Waals surface area contributed by atoms with E-state index in [0.29, 0.717) is 17.8 Å². The summed E-state index contributed by atoms with van der Waals surface area (Å²) in [5.41, 5.74) is 6.45. The Hall–Kier alpha value is -0.680. The number of amides is 1. The molecule has 0 saturated carbocycles. The normalized spacial score (nSPS) is 22.9. The third-order valence-corrected chi connectivity index (χ3v) is 5.77. The number of nitrogens with zero attached hydrogens (tertiary/aromatic N) is 1. The summed E-state index contributed by atoms with van der Waals surface area (Å²) in [4.78, 5) is 15.6. The van der Waals surface area contributed by atoms with Crippen LogP contribution in [0.1, 0.15) is 33.1 Å². The van der Waals surface area contributed by atoms with Crippen LogP contribution >= 0.6 is 27.7 Å². The molecule has 1 saturated heterocycles. The Morgan fingerprint density at radius 2 is 2.05 bits per heavy atom. The number of nitrogen functional groups attached to an aromatic ring is 1. The summed E-state index contributed by atoms with van der Waals surface area (Å²) in [6.07, 6.45) is 3.46. The molecule has 2 rings (SSSR count). The number of nitrogens with two attached hydrogens (primary N) is 1. The second-order valence-corrected chi connectivity index (χ2v) is 7.28. The van der Waals surface area contributed by atoms with Gasteiger partial charge in [-0.15, -0.1) is 11.8 Å². The van der Waals surface area contributed by atoms with Gasteiger partial charge in [-0.1, -0.05) is 0 Å². The fraction of sp³-hybridized carbons (Fsp3) is 0.533. The Morgan fingerprint density at radius 3 is 2.65 bits per heavy atom. The van der Waals surface area contributed by atoms with Crippen LogP contribution in [0, 0.1) is 0 Å². The van der Waals surface area contributed by atoms with E-state index in [0.717, 1.165) is 27.9 Å². The van der Waals surface area contributed by atoms with Gasteiger partial charge in [0.1, 0.15) is 0 Å². The first-order valence-corrected chi connectivity index (χ1v) is 8.76. The van der Waals surface area contributed by atoms with Crippen LogP contribution in [0.3, 0.4) is 0 Å². The van der Waals surface area contributed by atoms with Gasteiger partial charge in [-0.2, -0.15) is 0 Å². The number of hydrogen-bond donors (Lipinski definition) is 1. The standard InChI is InChI=1S/C15H21BrN2OS/c1-10-4-3-5-11(2)18(10)15(19)9-20-14-7-6-12(17)8-13(14)16/h6-8,10-11H,3-5,9,17H2,1-2H3. The molecule has 110 valence electrons. The molecular formula is C15H21BrN2OS. The number of hydrogen-bond acceptors (Lipinski definition) is 3. The molecule has 3 nitrogen and oxygen atoms in total. The van der Waals surface area contributed by atoms with Crippen LogP contribution in [0.15, 0.2) is 27.6 Å². The van der Waals surface area contributed by atoms with Gasteiger partial charge in [0.2, 0.25) is 5.91 Å². The second-order valence-electron chi connectivity index (χ2n) is 5.41. The highest BCUT2D eigenvalue weighted by Crippen LogP contribution is 2.30. The van der Waals surface area contributed by atoms with Crippen molar-refractivity contribution in [3.63, 3.8) is 0 Å². The molecule has 2 atom stereocenters. The van der Waals surface area contributed by atoms with Crippen molar-refractivity contribution in [1.29, 1.82) is 0 Å². The Kier molecular flexibility index (Phi) is 5.38. The second kappa shape index (κ2) is 6.85. The average molecular weight is 357 g/mol. The zero-order chi connectivity index (χ0) is 14.7. The minimum Gasteiger partial charge on any atom is -0.399 e. The van der Waals surface area contributed by atoms with Crippen LogP contribution in [0.2, 0.25) is 0 Å². The van der Waals surface area contributed by atoms with E-state index in [2.05, 4.69) is 34.7 Å². The predicted molar refractivity (Wildman–Crippen MR) is 88.9 cm³/mol. The smallest absolute Gasteiger partial charge is 0.233 e. The summed E-state index contributed by atoms with van der Waals surface area (Å²) in [6, 6.07) is 6.42. The summed E-state index contributed by atoms with van der Waals surface area (Å²) in [7, 11) is 0. The Labute approximate surface area is 133 Å². The van der Waals surface area contributed by atoms with Crippen LogP contribution < -0.4 is 5.73 Å². The fourth-order valence-corrected chi connectivity index (χ4v) is 4.29. The lowest BCUT2D eigenvalue weighted by atomic mass is 9.98. The predicted octanol–water partition coefficient (Wildman–Crippen LogP) is 3.91. The molecule has 2 unspecified atom stereocenters. The number of likely N-dealkylation sites (tertiary alicyclic amines) is 1. The van der Waals surface area contributed by atoms with E-state index in [4.69, 9.17) is 5.73 Å². The third-order valence-electron chi connectivity index (χ3n) is 3.79. The Bertz CT molecular complexity index is 485. The minimum absolute atomic E-state index is 0.235. The molecule has 0 spiro atoms. The van der Waals surface area contributed by atoms with E-state index in [9.17, 15) is 4.79 Å². The molecule has 1 amide bonds. The molecular weight excluding hydrogens is 336 g/mol. The number of thioether (sulfide) groups is 1. The first-order valence-electron chi connectivity index (χ1n) is 6.98. The lowest BCUT2D eigenvalue weighted by Gasteiger charge is -2.39. The van der Waals surface area contributed by atoms with Crippen LogP contribution in [-0.2, 0) is 4.79 Å². The number of rotatable bonds is 3. The summed E-state index contributed by atoms with van der Waals surface area (Å²) in [5, 5.41) is 0. The maximum Gasteiger partial charge on any atom is 0.233 e. The van der Waals surface area contributed by atoms with Gasteiger partial charge < -0.3 is 10.6 Å². The van der Waals surface area contributed by atoms with Gasteiger partial charge in [0.05, 0.1) is 5.75 Å². The maximum atomic E-state index is 12.4. The van der Waals surface area contributed by atoms with Gasteiger partial charge in [0.15, 0.2) is 0 Å². The van der Waals surface area contributed by atoms with E-state index in [1.165, 1.54) is 6.42 Å². The summed E-state index contributed by atoms with van der Waals surface area (Å²) in [5.74, 6) is 0.718. The highest BCUT2D eigenvalue weighted by molar-refractivity contribution is 9.10. The molecule has 1 aliphatic rings. The summed E-state index contributed by atoms with van der Waals surface area (Å²) in [6.45, 7) is 4.30. The number of anilines is 1. The van der Waals surface area contributed by atoms with Gasteiger partial charge >= 0.3 is 0 Å². The monoisotopic (exact) mass is 356 g/mol. The van der Waals surface area contributed by atoms with E-state index in [-0.39, 0.29) is 5.91 Å². The van der Waals surface area contributed by atoms with Crippen molar-refractivity contribution in [3.05, 3.63) is 22.7 Å². The lowest BCUT2D eigenvalue weighted by molar-refractivity contribution is -0.134. The minimum atomic E-state index is 0.235. The molecule has 1 aromatic carbocycles. The molecule has 20 heavy (non-hydrogen) atoms. The number of benzene rings is 1. The lowest BCUT2D eigenvalue weighted by Crippen LogP contribution is -2.48. The van der Waals surface area contributed by atoms with Crippen LogP contribution in [0.5, 0.6) is 0 Å². The molecule has 0 aliphatic carbocycles. The molecule has 1 aliphatic heterocycles. The zero-order valence-corrected chi connectivity index (χ0v) is 14.3. The zero-order valence-electron chi connectivity index (χ0n) is 11.9. The number of halogens is 1. The summed E-state index contributed by atoms with van der Waals surface area (Å²) < 4.78 is 0.954. The number of piperidine rings is 1. The highest BCUT2D eigenvalue weighted by atomic mass is 79.9. The molecule has 1 fully saturated rings. The van der Waals surface area contributed by atoms with Crippen LogP contribution in [-0.4, -0.2) is 28.6 Å². The summed E-state index contributed by atoms with van der Waals surface area (Å²) >= 11 is 5.06. The van der Waals surface area contributed by atoms with Crippen molar-refractivity contribution in [2.75, 3.05) is 11.5 Å². The number of carbonyl (C=O) groups is 1. The first kappa shape index (κ1) is 15.7. The van der Waals surface area contributed by atoms with E-state index < -0.39 is 0 Å². The molecule has 5 heteroatoms. The molecule has 0 radical (unpaired) electrons. The third kappa shape index (κ3) is 3.70. The van der Waals surface area contributed by atoms with Crippen LogP contribution in [0.25, 0.3) is 0 Å². The quantitative estimate of drug-likeness (QED) is 0.659. The first-order chi connectivity index (χ1) is 9.49. The van der Waals surface area contributed by atoms with Crippen molar-refractivity contribution >= 4 is 39.3 Å². The topological polar surface area (TPSA) is 46.3 Å². The van der Waals surface area contributed by atoms with E-state index in [1.807, 2.05) is 18.2 Å². The average Bonchev–Trinajstić information content (AvgIpc) is 2.37. The van der Waals surface area contributed by atoms with Gasteiger partial charge in [0, 0.05) is 27.1 Å². The highest BCUT2D eigenvalue weighted by Gasteiger charge is 2.28. The molecule has 1 aromatic rings. The van der Waals surface area contributed by atoms with E-state index >= 15 is 0 Å². The van der Waals surface area contributed by atoms with Gasteiger partial charge in [-0.25, -0.2) is 0 Å². The number of carbonyl (C=O) groups excluding carboxylic acids is 1. The molecule has 1 heterocycles. The van der Waals surface area contributed by atoms with Gasteiger partial charge in [-0.05, 0) is 67.2 Å². The van der Waals surface area contributed by atoms with Crippen molar-refractivity contribution in [3.8, 4) is 0 Å². The van der Waals surface area contributed by atoms with Crippen LogP contribution in [0.4, 0.5) is 5.69 Å². The van der Waals surface area contributed by atoms with Gasteiger partial charge in [-0.3, -0.25) is 4.79 Å². The molecule has 0 aromatic heterocycles. The Balaban J connectivity index is 1.97. The molecule has 2 N–H and O–H groups in total. The SMILES string of the molecule is CC1CCCC(C)N1C(=O)CSc1ccc(N)cc1Br. The maximum absolute atomic E-state index is 12.4. The molecule has 0 bridgehead atoms. The Morgan fingerprint density at radius 1 is 1.40 bits per heavy atom. The van der Waals surface area contributed by atoms with Crippen molar-refractivity contribution in [2.24, 2.45) is 0 Å². The van der Waals surface area contributed by atoms with Crippen molar-refractivity contribution in [2.45, 2.75) is 50.1 Å². The fourth-order valence-electron chi connectivity index (χ4n) is 2.76. The van der Waals surface area contributed by atoms with Gasteiger partial charge in [0.25, 0.3) is 0 Å². The van der Waals surface area contributed by atoms with Crippen molar-refractivity contribution < 1.29 is 4.79 Å². The largest absolute Gasteiger partial charge is 0.399 e. The van der Waals surface area contributed by atoms with Crippen molar-refractivity contribution in [1.82, 2.24) is 4.90 Å². The van der Waals surface area contributed by atoms with E-state index in [1.54, 1.807) is 11.8 Å².